The third kappa shape index (κ3) is 6.49. The molecular weight excluding hydrogens is 515 g/mol. The number of pyridine rings is 1. The molecule has 2 atom stereocenters. The van der Waals surface area contributed by atoms with Crippen LogP contribution in [0, 0.1) is 0 Å². The monoisotopic (exact) mass is 542 g/mol. The molecule has 5 aromatic rings. The van der Waals surface area contributed by atoms with E-state index < -0.39 is 12.0 Å². The number of nitrogens with zero attached hydrogens (tertiary/aromatic N) is 5. The van der Waals surface area contributed by atoms with Crippen molar-refractivity contribution in [3.63, 3.8) is 0 Å². The second-order valence-corrected chi connectivity index (χ2v) is 9.14. The maximum atomic E-state index is 12.8. The molecule has 0 radical (unpaired) electrons. The topological polar surface area (TPSA) is 106 Å². The van der Waals surface area contributed by atoms with Gasteiger partial charge in [-0.05, 0) is 12.1 Å². The Kier molecular flexibility index (Phi) is 9.30. The number of methoxy groups -OCH3 is 1. The summed E-state index contributed by atoms with van der Waals surface area (Å²) < 4.78 is 5.13. The second-order valence-electron chi connectivity index (χ2n) is 8.17. The van der Waals surface area contributed by atoms with Crippen LogP contribution in [0.25, 0.3) is 11.0 Å². The fourth-order valence-corrected chi connectivity index (χ4v) is 4.77. The minimum absolute atomic E-state index is 0. The normalized spacial score (nSPS) is 11.4. The number of carbonyl (C=O) groups excluding carboxylic acids is 1. The quantitative estimate of drug-likeness (QED) is 0.0945. The van der Waals surface area contributed by atoms with E-state index >= 15 is 0 Å². The molecule has 192 valence electrons. The minimum Gasteiger partial charge on any atom is -0.467 e. The molecule has 0 aliphatic carbocycles. The van der Waals surface area contributed by atoms with Gasteiger partial charge in [0.1, 0.15) is 11.4 Å². The highest BCUT2D eigenvalue weighted by atomic mass is 32.2. The van der Waals surface area contributed by atoms with Gasteiger partial charge in [0.25, 0.3) is 0 Å². The third-order valence-corrected chi connectivity index (χ3v) is 6.73. The zero-order chi connectivity index (χ0) is 25.5. The van der Waals surface area contributed by atoms with E-state index in [1.165, 1.54) is 13.4 Å². The molecule has 3 aromatic heterocycles. The lowest BCUT2D eigenvalue weighted by molar-refractivity contribution is -0.142. The third-order valence-electron chi connectivity index (χ3n) is 5.69. The fourth-order valence-electron chi connectivity index (χ4n) is 3.90. The Bertz CT molecular complexity index is 1490. The van der Waals surface area contributed by atoms with Crippen molar-refractivity contribution < 1.29 is 9.53 Å². The van der Waals surface area contributed by atoms with Crippen molar-refractivity contribution in [1.29, 1.82) is 0 Å². The SMILES string of the molecule is COC(=O)C(Cc1cccc(CSc2ncnc3[nH]ncc23)n1)N=C(c1ccccc1)c1ccccc1.P. The van der Waals surface area contributed by atoms with Gasteiger partial charge in [-0.25, -0.2) is 14.8 Å². The maximum Gasteiger partial charge on any atom is 0.331 e. The van der Waals surface area contributed by atoms with Gasteiger partial charge in [-0.1, -0.05) is 78.5 Å². The number of hydrogen-bond donors (Lipinski definition) is 1. The number of fused-ring (bicyclic) bond motifs is 1. The summed E-state index contributed by atoms with van der Waals surface area (Å²) in [5.41, 5.74) is 4.92. The molecule has 3 heterocycles. The van der Waals surface area contributed by atoms with E-state index in [0.29, 0.717) is 17.8 Å². The first-order valence-electron chi connectivity index (χ1n) is 11.7. The lowest BCUT2D eigenvalue weighted by Crippen LogP contribution is -2.25. The van der Waals surface area contributed by atoms with Gasteiger partial charge < -0.3 is 4.74 Å². The Morgan fingerprint density at radius 2 is 1.63 bits per heavy atom. The van der Waals surface area contributed by atoms with Crippen LogP contribution in [-0.4, -0.2) is 50.0 Å². The number of ether oxygens (including phenoxy) is 1. The molecule has 0 aliphatic heterocycles. The van der Waals surface area contributed by atoms with E-state index in [2.05, 4.69) is 20.2 Å². The number of carbonyl (C=O) groups is 1. The van der Waals surface area contributed by atoms with E-state index in [9.17, 15) is 4.79 Å². The number of esters is 1. The summed E-state index contributed by atoms with van der Waals surface area (Å²) in [6.07, 6.45) is 3.55. The Labute approximate surface area is 228 Å². The molecule has 8 nitrogen and oxygen atoms in total. The summed E-state index contributed by atoms with van der Waals surface area (Å²) in [7, 11) is 1.38. The van der Waals surface area contributed by atoms with E-state index in [-0.39, 0.29) is 9.90 Å². The van der Waals surface area contributed by atoms with Gasteiger partial charge >= 0.3 is 5.97 Å². The van der Waals surface area contributed by atoms with Crippen LogP contribution in [0.3, 0.4) is 0 Å². The molecule has 38 heavy (non-hydrogen) atoms. The maximum absolute atomic E-state index is 12.8. The van der Waals surface area contributed by atoms with Crippen molar-refractivity contribution in [2.75, 3.05) is 7.11 Å². The van der Waals surface area contributed by atoms with Crippen LogP contribution in [0.5, 0.6) is 0 Å². The van der Waals surface area contributed by atoms with Gasteiger partial charge in [-0.3, -0.25) is 15.1 Å². The Morgan fingerprint density at radius 3 is 2.32 bits per heavy atom. The summed E-state index contributed by atoms with van der Waals surface area (Å²) in [5.74, 6) is 0.200. The molecule has 10 heteroatoms. The van der Waals surface area contributed by atoms with Gasteiger partial charge in [0.15, 0.2) is 11.7 Å². The van der Waals surface area contributed by atoms with Crippen LogP contribution in [-0.2, 0) is 21.7 Å². The standard InChI is InChI=1S/C28H24N6O2S.H3P/c1-36-28(35)24(33-25(19-9-4-2-5-10-19)20-11-6-3-7-12-20)15-21-13-8-14-22(32-21)17-37-27-23-16-31-34-26(23)29-18-30-27;/h2-14,16,18,24H,15,17H2,1H3,(H,29,30,31,34);1H3. The molecule has 0 fully saturated rings. The lowest BCUT2D eigenvalue weighted by Gasteiger charge is -2.15. The Morgan fingerprint density at radius 1 is 0.947 bits per heavy atom. The van der Waals surface area contributed by atoms with Crippen molar-refractivity contribution in [2.24, 2.45) is 4.99 Å². The zero-order valence-corrected chi connectivity index (χ0v) is 23.1. The molecule has 0 saturated carbocycles. The molecule has 0 amide bonds. The van der Waals surface area contributed by atoms with Crippen molar-refractivity contribution >= 4 is 44.4 Å². The van der Waals surface area contributed by atoms with Crippen LogP contribution < -0.4 is 0 Å². The first kappa shape index (κ1) is 27.1. The van der Waals surface area contributed by atoms with Gasteiger partial charge in [0.05, 0.1) is 30.1 Å². The number of aliphatic imine (C=N–C) groups is 1. The molecule has 1 N–H and O–H groups in total. The van der Waals surface area contributed by atoms with Crippen molar-refractivity contribution in [2.45, 2.75) is 23.2 Å². The highest BCUT2D eigenvalue weighted by Crippen LogP contribution is 2.26. The molecule has 5 rings (SSSR count). The number of thioether (sulfide) groups is 1. The van der Waals surface area contributed by atoms with E-state index in [1.807, 2.05) is 78.9 Å². The smallest absolute Gasteiger partial charge is 0.331 e. The second kappa shape index (κ2) is 13.0. The molecule has 2 unspecified atom stereocenters. The summed E-state index contributed by atoms with van der Waals surface area (Å²) in [6, 6.07) is 24.7. The first-order chi connectivity index (χ1) is 18.2. The predicted octanol–water partition coefficient (Wildman–Crippen LogP) is 4.72. The first-order valence-corrected chi connectivity index (χ1v) is 12.7. The Hall–Kier alpha value is -3.94. The fraction of sp³-hybridized carbons (Fsp3) is 0.143. The Balaban J connectivity index is 0.00000336. The average Bonchev–Trinajstić information content (AvgIpc) is 3.44. The largest absolute Gasteiger partial charge is 0.467 e. The van der Waals surface area contributed by atoms with Gasteiger partial charge in [-0.15, -0.1) is 0 Å². The van der Waals surface area contributed by atoms with Crippen molar-refractivity contribution in [3.05, 3.63) is 114 Å². The van der Waals surface area contributed by atoms with Crippen LogP contribution in [0.4, 0.5) is 0 Å². The van der Waals surface area contributed by atoms with Crippen LogP contribution in [0.15, 0.2) is 101 Å². The summed E-state index contributed by atoms with van der Waals surface area (Å²) >= 11 is 1.56. The number of rotatable bonds is 9. The number of aromatic nitrogens is 5. The number of aromatic amines is 1. The number of nitrogens with one attached hydrogen (secondary N) is 1. The molecule has 0 aliphatic rings. The predicted molar refractivity (Wildman–Crippen MR) is 155 cm³/mol. The lowest BCUT2D eigenvalue weighted by atomic mass is 10.0. The summed E-state index contributed by atoms with van der Waals surface area (Å²) in [6.45, 7) is 0. The summed E-state index contributed by atoms with van der Waals surface area (Å²) in [5, 5.41) is 8.61. The minimum atomic E-state index is -0.747. The van der Waals surface area contributed by atoms with E-state index in [1.54, 1.807) is 18.0 Å². The van der Waals surface area contributed by atoms with Crippen molar-refractivity contribution in [1.82, 2.24) is 25.1 Å². The molecular formula is C28H27N6O2PS. The molecule has 2 aromatic carbocycles. The van der Waals surface area contributed by atoms with Crippen LogP contribution in [0.1, 0.15) is 22.5 Å². The number of benzene rings is 2. The van der Waals surface area contributed by atoms with Gasteiger partial charge in [0, 0.05) is 29.0 Å². The molecule has 0 bridgehead atoms. The number of H-pyrrole nitrogens is 1. The van der Waals surface area contributed by atoms with Gasteiger partial charge in [0.2, 0.25) is 0 Å². The number of hydrogen-bond acceptors (Lipinski definition) is 8. The van der Waals surface area contributed by atoms with Gasteiger partial charge in [-0.2, -0.15) is 15.0 Å². The van der Waals surface area contributed by atoms with Crippen molar-refractivity contribution in [3.8, 4) is 0 Å². The van der Waals surface area contributed by atoms with E-state index in [0.717, 1.165) is 38.6 Å². The molecule has 0 spiro atoms. The van der Waals surface area contributed by atoms with Crippen LogP contribution >= 0.6 is 21.7 Å². The van der Waals surface area contributed by atoms with E-state index in [4.69, 9.17) is 14.7 Å². The molecule has 0 saturated heterocycles. The average molecular weight is 543 g/mol. The zero-order valence-electron chi connectivity index (χ0n) is 20.8. The van der Waals surface area contributed by atoms with Crippen LogP contribution in [0.2, 0.25) is 0 Å². The highest BCUT2D eigenvalue weighted by molar-refractivity contribution is 7.98. The summed E-state index contributed by atoms with van der Waals surface area (Å²) in [4.78, 5) is 31.1. The highest BCUT2D eigenvalue weighted by Gasteiger charge is 2.22.